The number of ether oxygens (including phenoxy) is 5. The molecule has 1 aromatic carbocycles. The van der Waals surface area contributed by atoms with Crippen LogP contribution < -0.4 is 14.4 Å². The van der Waals surface area contributed by atoms with Gasteiger partial charge in [-0.15, -0.1) is 0 Å². The van der Waals surface area contributed by atoms with E-state index in [9.17, 15) is 0 Å². The van der Waals surface area contributed by atoms with E-state index in [4.69, 9.17) is 23.7 Å². The van der Waals surface area contributed by atoms with Crippen molar-refractivity contribution in [3.05, 3.63) is 18.2 Å². The van der Waals surface area contributed by atoms with E-state index in [0.717, 1.165) is 43.1 Å². The van der Waals surface area contributed by atoms with Crippen LogP contribution in [-0.4, -0.2) is 59.5 Å². The first kappa shape index (κ1) is 16.4. The van der Waals surface area contributed by atoms with Gasteiger partial charge in [0.15, 0.2) is 17.3 Å². The average molecular weight is 323 g/mol. The highest BCUT2D eigenvalue weighted by Gasteiger charge is 2.39. The SMILES string of the molecule is COCCOc1ccc(N2CCC3(CC2)OCCO3)cc1OC. The van der Waals surface area contributed by atoms with E-state index in [1.54, 1.807) is 14.2 Å². The molecule has 0 amide bonds. The van der Waals surface area contributed by atoms with Crippen LogP contribution in [-0.2, 0) is 14.2 Å². The molecule has 2 aliphatic heterocycles. The molecule has 3 rings (SSSR count). The van der Waals surface area contributed by atoms with Gasteiger partial charge in [-0.2, -0.15) is 0 Å². The maximum Gasteiger partial charge on any atom is 0.171 e. The lowest BCUT2D eigenvalue weighted by atomic mass is 10.0. The Bertz CT molecular complexity index is 506. The van der Waals surface area contributed by atoms with Gasteiger partial charge >= 0.3 is 0 Å². The van der Waals surface area contributed by atoms with Crippen LogP contribution in [0.2, 0.25) is 0 Å². The molecule has 0 atom stereocenters. The third-order valence-corrected chi connectivity index (χ3v) is 4.40. The predicted molar refractivity (Wildman–Crippen MR) is 86.4 cm³/mol. The van der Waals surface area contributed by atoms with Crippen LogP contribution in [0.5, 0.6) is 11.5 Å². The first-order valence-electron chi connectivity index (χ1n) is 8.09. The Morgan fingerprint density at radius 1 is 1.04 bits per heavy atom. The van der Waals surface area contributed by atoms with Crippen LogP contribution in [0.4, 0.5) is 5.69 Å². The lowest BCUT2D eigenvalue weighted by Gasteiger charge is -2.38. The molecule has 23 heavy (non-hydrogen) atoms. The number of anilines is 1. The van der Waals surface area contributed by atoms with Crippen molar-refractivity contribution in [1.29, 1.82) is 0 Å². The van der Waals surface area contributed by atoms with Gasteiger partial charge in [0.25, 0.3) is 0 Å². The van der Waals surface area contributed by atoms with E-state index in [1.807, 2.05) is 12.1 Å². The smallest absolute Gasteiger partial charge is 0.171 e. The molecule has 6 heteroatoms. The summed E-state index contributed by atoms with van der Waals surface area (Å²) >= 11 is 0. The highest BCUT2D eigenvalue weighted by Crippen LogP contribution is 2.36. The Morgan fingerprint density at radius 3 is 2.43 bits per heavy atom. The van der Waals surface area contributed by atoms with Crippen LogP contribution >= 0.6 is 0 Å². The lowest BCUT2D eigenvalue weighted by molar-refractivity contribution is -0.169. The molecule has 6 nitrogen and oxygen atoms in total. The van der Waals surface area contributed by atoms with Crippen molar-refractivity contribution in [3.63, 3.8) is 0 Å². The molecule has 2 aliphatic rings. The third kappa shape index (κ3) is 3.71. The largest absolute Gasteiger partial charge is 0.493 e. The molecular weight excluding hydrogens is 298 g/mol. The number of benzene rings is 1. The topological polar surface area (TPSA) is 49.4 Å². The molecule has 0 aromatic heterocycles. The van der Waals surface area contributed by atoms with Crippen molar-refractivity contribution < 1.29 is 23.7 Å². The first-order valence-corrected chi connectivity index (χ1v) is 8.09. The van der Waals surface area contributed by atoms with Gasteiger partial charge in [-0.3, -0.25) is 0 Å². The molecule has 128 valence electrons. The van der Waals surface area contributed by atoms with Crippen molar-refractivity contribution in [3.8, 4) is 11.5 Å². The Kier molecular flexibility index (Phi) is 5.25. The maximum absolute atomic E-state index is 5.78. The van der Waals surface area contributed by atoms with Gasteiger partial charge < -0.3 is 28.6 Å². The first-order chi connectivity index (χ1) is 11.3. The zero-order valence-corrected chi connectivity index (χ0v) is 13.9. The van der Waals surface area contributed by atoms with Gasteiger partial charge in [0, 0.05) is 44.8 Å². The number of hydrogen-bond acceptors (Lipinski definition) is 6. The van der Waals surface area contributed by atoms with Gasteiger partial charge in [-0.25, -0.2) is 0 Å². The van der Waals surface area contributed by atoms with E-state index in [2.05, 4.69) is 11.0 Å². The zero-order chi connectivity index (χ0) is 16.1. The van der Waals surface area contributed by atoms with Crippen molar-refractivity contribution in [1.82, 2.24) is 0 Å². The lowest BCUT2D eigenvalue weighted by Crippen LogP contribution is -2.45. The molecule has 2 saturated heterocycles. The fourth-order valence-corrected chi connectivity index (χ4v) is 3.10. The number of piperidine rings is 1. The van der Waals surface area contributed by atoms with E-state index >= 15 is 0 Å². The summed E-state index contributed by atoms with van der Waals surface area (Å²) in [5.41, 5.74) is 1.13. The van der Waals surface area contributed by atoms with Crippen LogP contribution in [0.15, 0.2) is 18.2 Å². The molecule has 0 saturated carbocycles. The quantitative estimate of drug-likeness (QED) is 0.747. The highest BCUT2D eigenvalue weighted by molar-refractivity contribution is 5.56. The molecule has 0 N–H and O–H groups in total. The van der Waals surface area contributed by atoms with Gasteiger partial charge in [-0.1, -0.05) is 0 Å². The molecule has 0 bridgehead atoms. The number of hydrogen-bond donors (Lipinski definition) is 0. The molecule has 2 fully saturated rings. The summed E-state index contributed by atoms with van der Waals surface area (Å²) in [7, 11) is 3.32. The Morgan fingerprint density at radius 2 is 1.78 bits per heavy atom. The van der Waals surface area contributed by atoms with Gasteiger partial charge in [0.05, 0.1) is 26.9 Å². The predicted octanol–water partition coefficient (Wildman–Crippen LogP) is 2.06. The number of rotatable bonds is 6. The monoisotopic (exact) mass is 323 g/mol. The minimum atomic E-state index is -0.343. The van der Waals surface area contributed by atoms with Crippen LogP contribution in [0.25, 0.3) is 0 Å². The summed E-state index contributed by atoms with van der Waals surface area (Å²) in [4.78, 5) is 2.33. The Hall–Kier alpha value is -1.50. The van der Waals surface area contributed by atoms with E-state index in [0.29, 0.717) is 26.4 Å². The van der Waals surface area contributed by atoms with Crippen LogP contribution in [0.1, 0.15) is 12.8 Å². The molecule has 1 aromatic rings. The Balaban J connectivity index is 1.64. The van der Waals surface area contributed by atoms with Crippen molar-refractivity contribution >= 4 is 5.69 Å². The zero-order valence-electron chi connectivity index (χ0n) is 13.9. The molecule has 0 unspecified atom stereocenters. The minimum Gasteiger partial charge on any atom is -0.493 e. The molecule has 2 heterocycles. The number of nitrogens with zero attached hydrogens (tertiary/aromatic N) is 1. The van der Waals surface area contributed by atoms with Crippen molar-refractivity contribution in [2.75, 3.05) is 58.6 Å². The van der Waals surface area contributed by atoms with E-state index in [-0.39, 0.29) is 5.79 Å². The molecular formula is C17H25NO5. The van der Waals surface area contributed by atoms with Crippen LogP contribution in [0, 0.1) is 0 Å². The molecule has 1 spiro atoms. The highest BCUT2D eigenvalue weighted by atomic mass is 16.7. The molecule has 0 aliphatic carbocycles. The third-order valence-electron chi connectivity index (χ3n) is 4.40. The normalized spacial score (nSPS) is 20.0. The summed E-state index contributed by atoms with van der Waals surface area (Å²) in [6, 6.07) is 6.05. The van der Waals surface area contributed by atoms with E-state index in [1.165, 1.54) is 0 Å². The summed E-state index contributed by atoms with van der Waals surface area (Å²) < 4.78 is 27.7. The standard InChI is InChI=1S/C17H25NO5/c1-19-9-10-21-15-4-3-14(13-16(15)20-2)18-7-5-17(6-8-18)22-11-12-23-17/h3-4,13H,5-12H2,1-2H3. The second-order valence-electron chi connectivity index (χ2n) is 5.77. The molecule has 0 radical (unpaired) electrons. The van der Waals surface area contributed by atoms with Gasteiger partial charge in [0.2, 0.25) is 0 Å². The fraction of sp³-hybridized carbons (Fsp3) is 0.647. The van der Waals surface area contributed by atoms with Crippen LogP contribution in [0.3, 0.4) is 0 Å². The average Bonchev–Trinajstić information content (AvgIpc) is 3.04. The fourth-order valence-electron chi connectivity index (χ4n) is 3.10. The van der Waals surface area contributed by atoms with Gasteiger partial charge in [0.1, 0.15) is 6.61 Å². The second kappa shape index (κ2) is 7.38. The Labute approximate surface area is 137 Å². The summed E-state index contributed by atoms with van der Waals surface area (Å²) in [5, 5.41) is 0. The number of methoxy groups -OCH3 is 2. The van der Waals surface area contributed by atoms with Crippen molar-refractivity contribution in [2.24, 2.45) is 0 Å². The second-order valence-corrected chi connectivity index (χ2v) is 5.77. The summed E-state index contributed by atoms with van der Waals surface area (Å²) in [5.74, 6) is 1.14. The minimum absolute atomic E-state index is 0.343. The van der Waals surface area contributed by atoms with E-state index < -0.39 is 0 Å². The summed E-state index contributed by atoms with van der Waals surface area (Å²) in [6.45, 7) is 4.30. The summed E-state index contributed by atoms with van der Waals surface area (Å²) in [6.07, 6.45) is 1.78. The maximum atomic E-state index is 5.78. The van der Waals surface area contributed by atoms with Gasteiger partial charge in [-0.05, 0) is 12.1 Å². The van der Waals surface area contributed by atoms with Crippen molar-refractivity contribution in [2.45, 2.75) is 18.6 Å².